The molecule has 3 aromatic rings. The van der Waals surface area contributed by atoms with Crippen molar-refractivity contribution in [3.05, 3.63) is 78.4 Å². The Labute approximate surface area is 199 Å². The summed E-state index contributed by atoms with van der Waals surface area (Å²) in [5.74, 6) is 1.16. The van der Waals surface area contributed by atoms with Crippen LogP contribution in [0.15, 0.2) is 77.7 Å². The highest BCUT2D eigenvalue weighted by atomic mass is 32.2. The van der Waals surface area contributed by atoms with Gasteiger partial charge in [-0.2, -0.15) is 0 Å². The van der Waals surface area contributed by atoms with E-state index < -0.39 is 22.0 Å². The van der Waals surface area contributed by atoms with Gasteiger partial charge in [0, 0.05) is 0 Å². The molecular formula is C25H26N2O6S. The van der Waals surface area contributed by atoms with Crippen molar-refractivity contribution in [2.24, 2.45) is 0 Å². The zero-order chi connectivity index (χ0) is 24.1. The molecule has 9 heteroatoms. The lowest BCUT2D eigenvalue weighted by atomic mass is 10.1. The highest BCUT2D eigenvalue weighted by Gasteiger charge is 2.37. The fraction of sp³-hybridized carbons (Fsp3) is 0.240. The SMILES string of the molecule is COc1ccc(S(=O)(=O)N2C[C@H](C(=O)NCCOc3ccccc3)Oc3ccc(C)cc32)cc1. The molecule has 0 radical (unpaired) electrons. The fourth-order valence-corrected chi connectivity index (χ4v) is 5.04. The minimum atomic E-state index is -3.95. The molecule has 1 heterocycles. The summed E-state index contributed by atoms with van der Waals surface area (Å²) < 4.78 is 44.9. The molecule has 0 bridgehead atoms. The maximum Gasteiger partial charge on any atom is 0.264 e. The Balaban J connectivity index is 1.51. The highest BCUT2D eigenvalue weighted by Crippen LogP contribution is 2.38. The Morgan fingerprint density at radius 1 is 1.06 bits per heavy atom. The number of rotatable bonds is 8. The fourth-order valence-electron chi connectivity index (χ4n) is 3.57. The number of hydrogen-bond acceptors (Lipinski definition) is 6. The average Bonchev–Trinajstić information content (AvgIpc) is 2.86. The van der Waals surface area contributed by atoms with Crippen molar-refractivity contribution in [3.8, 4) is 17.2 Å². The van der Waals surface area contributed by atoms with Gasteiger partial charge in [0.15, 0.2) is 6.10 Å². The molecule has 1 aliphatic rings. The van der Waals surface area contributed by atoms with Crippen molar-refractivity contribution in [3.63, 3.8) is 0 Å². The zero-order valence-corrected chi connectivity index (χ0v) is 19.7. The standard InChI is InChI=1S/C25H26N2O6S/c1-18-8-13-23-22(16-18)27(34(29,30)21-11-9-19(31-2)10-12-21)17-24(33-23)25(28)26-14-15-32-20-6-4-3-5-7-20/h3-13,16,24H,14-15,17H2,1-2H3,(H,26,28)/t24-/m1/s1. The molecule has 4 rings (SSSR count). The van der Waals surface area contributed by atoms with Crippen molar-refractivity contribution in [1.29, 1.82) is 0 Å². The van der Waals surface area contributed by atoms with Gasteiger partial charge in [-0.1, -0.05) is 24.3 Å². The van der Waals surface area contributed by atoms with E-state index in [1.54, 1.807) is 24.3 Å². The zero-order valence-electron chi connectivity index (χ0n) is 18.9. The van der Waals surface area contributed by atoms with Gasteiger partial charge in [0.05, 0.1) is 30.8 Å². The van der Waals surface area contributed by atoms with Crippen molar-refractivity contribution in [1.82, 2.24) is 5.32 Å². The molecule has 1 amide bonds. The van der Waals surface area contributed by atoms with Crippen LogP contribution in [0.5, 0.6) is 17.2 Å². The summed E-state index contributed by atoms with van der Waals surface area (Å²) in [5, 5.41) is 2.76. The van der Waals surface area contributed by atoms with E-state index in [1.807, 2.05) is 43.3 Å². The van der Waals surface area contributed by atoms with Crippen molar-refractivity contribution in [2.45, 2.75) is 17.9 Å². The van der Waals surface area contributed by atoms with Crippen molar-refractivity contribution < 1.29 is 27.4 Å². The highest BCUT2D eigenvalue weighted by molar-refractivity contribution is 7.92. The summed E-state index contributed by atoms with van der Waals surface area (Å²) in [5.41, 5.74) is 1.27. The number of para-hydroxylation sites is 1. The summed E-state index contributed by atoms with van der Waals surface area (Å²) in [6, 6.07) is 20.6. The molecule has 0 aliphatic carbocycles. The van der Waals surface area contributed by atoms with Crippen LogP contribution in [-0.2, 0) is 14.8 Å². The molecule has 0 aromatic heterocycles. The van der Waals surface area contributed by atoms with Gasteiger partial charge in [-0.05, 0) is 61.0 Å². The number of nitrogens with zero attached hydrogens (tertiary/aromatic N) is 1. The number of hydrogen-bond donors (Lipinski definition) is 1. The lowest BCUT2D eigenvalue weighted by Gasteiger charge is -2.35. The van der Waals surface area contributed by atoms with Crippen molar-refractivity contribution in [2.75, 3.05) is 31.1 Å². The molecule has 0 spiro atoms. The summed E-state index contributed by atoms with van der Waals surface area (Å²) in [6.45, 7) is 2.23. The lowest BCUT2D eigenvalue weighted by Crippen LogP contribution is -2.51. The van der Waals surface area contributed by atoms with Crippen LogP contribution in [0.25, 0.3) is 0 Å². The van der Waals surface area contributed by atoms with Crippen LogP contribution in [0.1, 0.15) is 5.56 Å². The Hall–Kier alpha value is -3.72. The Bertz CT molecular complexity index is 1250. The third kappa shape index (κ3) is 5.09. The van der Waals surface area contributed by atoms with Gasteiger partial charge < -0.3 is 19.5 Å². The van der Waals surface area contributed by atoms with Gasteiger partial charge in [0.25, 0.3) is 15.9 Å². The number of carbonyl (C=O) groups is 1. The molecule has 3 aromatic carbocycles. The molecule has 8 nitrogen and oxygen atoms in total. The van der Waals surface area contributed by atoms with Gasteiger partial charge in [0.2, 0.25) is 0 Å². The van der Waals surface area contributed by atoms with E-state index in [4.69, 9.17) is 14.2 Å². The lowest BCUT2D eigenvalue weighted by molar-refractivity contribution is -0.127. The van der Waals surface area contributed by atoms with E-state index in [2.05, 4.69) is 5.32 Å². The summed E-state index contributed by atoms with van der Waals surface area (Å²) in [6.07, 6.45) is -1.01. The van der Waals surface area contributed by atoms with Crippen molar-refractivity contribution >= 4 is 21.6 Å². The molecule has 1 atom stereocenters. The number of carbonyl (C=O) groups excluding carboxylic acids is 1. The molecule has 178 valence electrons. The second-order valence-corrected chi connectivity index (χ2v) is 9.60. The van der Waals surface area contributed by atoms with Gasteiger partial charge >= 0.3 is 0 Å². The molecule has 0 unspecified atom stereocenters. The largest absolute Gasteiger partial charge is 0.497 e. The molecule has 0 saturated carbocycles. The first-order chi connectivity index (χ1) is 16.4. The maximum atomic E-state index is 13.5. The van der Waals surface area contributed by atoms with Gasteiger partial charge in [-0.15, -0.1) is 0 Å². The number of amides is 1. The van der Waals surface area contributed by atoms with E-state index in [0.717, 1.165) is 5.56 Å². The second kappa shape index (κ2) is 10.0. The minimum absolute atomic E-state index is 0.0954. The van der Waals surface area contributed by atoms with Crippen LogP contribution in [-0.4, -0.2) is 47.2 Å². The predicted molar refractivity (Wildman–Crippen MR) is 128 cm³/mol. The van der Waals surface area contributed by atoms with Crippen LogP contribution in [0, 0.1) is 6.92 Å². The number of ether oxygens (including phenoxy) is 3. The van der Waals surface area contributed by atoms with E-state index >= 15 is 0 Å². The molecule has 34 heavy (non-hydrogen) atoms. The normalized spacial score (nSPS) is 15.1. The topological polar surface area (TPSA) is 94.2 Å². The summed E-state index contributed by atoms with van der Waals surface area (Å²) in [4.78, 5) is 12.9. The van der Waals surface area contributed by atoms with Gasteiger partial charge in [0.1, 0.15) is 23.9 Å². The Morgan fingerprint density at radius 2 is 1.79 bits per heavy atom. The van der Waals surface area contributed by atoms with E-state index in [1.165, 1.54) is 23.5 Å². The summed E-state index contributed by atoms with van der Waals surface area (Å²) in [7, 11) is -2.44. The first-order valence-electron chi connectivity index (χ1n) is 10.8. The monoisotopic (exact) mass is 482 g/mol. The summed E-state index contributed by atoms with van der Waals surface area (Å²) >= 11 is 0. The first kappa shape index (κ1) is 23.4. The maximum absolute atomic E-state index is 13.5. The number of fused-ring (bicyclic) bond motifs is 1. The number of nitrogens with one attached hydrogen (secondary N) is 1. The van der Waals surface area contributed by atoms with E-state index in [-0.39, 0.29) is 24.6 Å². The molecular weight excluding hydrogens is 456 g/mol. The minimum Gasteiger partial charge on any atom is -0.497 e. The molecule has 1 N–H and O–H groups in total. The quantitative estimate of drug-likeness (QED) is 0.496. The Kier molecular flexibility index (Phi) is 6.93. The number of sulfonamides is 1. The molecule has 0 saturated heterocycles. The number of methoxy groups -OCH3 is 1. The molecule has 1 aliphatic heterocycles. The van der Waals surface area contributed by atoms with Crippen LogP contribution in [0.2, 0.25) is 0 Å². The first-order valence-corrected chi connectivity index (χ1v) is 12.2. The number of anilines is 1. The van der Waals surface area contributed by atoms with Gasteiger partial charge in [-0.3, -0.25) is 9.10 Å². The predicted octanol–water partition coefficient (Wildman–Crippen LogP) is 3.16. The third-order valence-corrected chi connectivity index (χ3v) is 7.13. The average molecular weight is 483 g/mol. The van der Waals surface area contributed by atoms with Crippen LogP contribution < -0.4 is 23.8 Å². The van der Waals surface area contributed by atoms with Crippen LogP contribution in [0.4, 0.5) is 5.69 Å². The van der Waals surface area contributed by atoms with E-state index in [0.29, 0.717) is 22.9 Å². The number of benzene rings is 3. The second-order valence-electron chi connectivity index (χ2n) is 7.74. The van der Waals surface area contributed by atoms with Crippen LogP contribution >= 0.6 is 0 Å². The number of aryl methyl sites for hydroxylation is 1. The molecule has 0 fully saturated rings. The third-order valence-electron chi connectivity index (χ3n) is 5.34. The smallest absolute Gasteiger partial charge is 0.264 e. The van der Waals surface area contributed by atoms with Gasteiger partial charge in [-0.25, -0.2) is 8.42 Å². The van der Waals surface area contributed by atoms with Crippen LogP contribution in [0.3, 0.4) is 0 Å². The Morgan fingerprint density at radius 3 is 2.50 bits per heavy atom. The van der Waals surface area contributed by atoms with E-state index in [9.17, 15) is 13.2 Å².